The second-order valence-electron chi connectivity index (χ2n) is 6.49. The van der Waals surface area contributed by atoms with E-state index in [4.69, 9.17) is 4.74 Å². The standard InChI is InChI=1S/C17H29N3O/c1-17(2)14-20(11-10-19(17)3)16-7-5-15(6-8-16)13-18-9-12-21-4/h5-8,18H,9-14H2,1-4H3. The normalized spacial score (nSPS) is 19.0. The first kappa shape index (κ1) is 16.3. The van der Waals surface area contributed by atoms with E-state index < -0.39 is 0 Å². The van der Waals surface area contributed by atoms with Crippen LogP contribution in [0.3, 0.4) is 0 Å². The Morgan fingerprint density at radius 2 is 1.90 bits per heavy atom. The van der Waals surface area contributed by atoms with Crippen LogP contribution in [0.2, 0.25) is 0 Å². The fourth-order valence-electron chi connectivity index (χ4n) is 2.69. The molecule has 0 aromatic heterocycles. The van der Waals surface area contributed by atoms with Gasteiger partial charge in [0.2, 0.25) is 0 Å². The van der Waals surface area contributed by atoms with Gasteiger partial charge in [-0.25, -0.2) is 0 Å². The van der Waals surface area contributed by atoms with Crippen molar-refractivity contribution in [1.29, 1.82) is 0 Å². The number of piperazine rings is 1. The van der Waals surface area contributed by atoms with E-state index in [1.54, 1.807) is 7.11 Å². The highest BCUT2D eigenvalue weighted by atomic mass is 16.5. The SMILES string of the molecule is COCCNCc1ccc(N2CCN(C)C(C)(C)C2)cc1. The fourth-order valence-corrected chi connectivity index (χ4v) is 2.69. The summed E-state index contributed by atoms with van der Waals surface area (Å²) in [6.07, 6.45) is 0. The van der Waals surface area contributed by atoms with Gasteiger partial charge in [0.1, 0.15) is 0 Å². The molecular weight excluding hydrogens is 262 g/mol. The summed E-state index contributed by atoms with van der Waals surface area (Å²) in [5, 5.41) is 3.38. The molecular formula is C17H29N3O. The zero-order chi connectivity index (χ0) is 15.3. The predicted molar refractivity (Wildman–Crippen MR) is 88.9 cm³/mol. The summed E-state index contributed by atoms with van der Waals surface area (Å²) in [4.78, 5) is 4.93. The molecule has 1 N–H and O–H groups in total. The Hall–Kier alpha value is -1.10. The van der Waals surface area contributed by atoms with Crippen LogP contribution in [0.4, 0.5) is 5.69 Å². The number of nitrogens with one attached hydrogen (secondary N) is 1. The third-order valence-electron chi connectivity index (χ3n) is 4.43. The lowest BCUT2D eigenvalue weighted by molar-refractivity contribution is 0.139. The van der Waals surface area contributed by atoms with Gasteiger partial charge in [0.15, 0.2) is 0 Å². The molecule has 4 heteroatoms. The molecule has 0 radical (unpaired) electrons. The van der Waals surface area contributed by atoms with Crippen LogP contribution in [-0.2, 0) is 11.3 Å². The summed E-state index contributed by atoms with van der Waals surface area (Å²) >= 11 is 0. The van der Waals surface area contributed by atoms with Crippen LogP contribution >= 0.6 is 0 Å². The van der Waals surface area contributed by atoms with E-state index in [-0.39, 0.29) is 5.54 Å². The molecule has 4 nitrogen and oxygen atoms in total. The van der Waals surface area contributed by atoms with Crippen molar-refractivity contribution in [2.45, 2.75) is 25.9 Å². The number of benzene rings is 1. The second-order valence-corrected chi connectivity index (χ2v) is 6.49. The topological polar surface area (TPSA) is 27.7 Å². The number of nitrogens with zero attached hydrogens (tertiary/aromatic N) is 2. The molecule has 1 aromatic carbocycles. The zero-order valence-corrected chi connectivity index (χ0v) is 13.9. The highest BCUT2D eigenvalue weighted by Gasteiger charge is 2.30. The summed E-state index contributed by atoms with van der Waals surface area (Å²) in [6, 6.07) is 8.93. The minimum Gasteiger partial charge on any atom is -0.383 e. The summed E-state index contributed by atoms with van der Waals surface area (Å²) in [6.45, 7) is 10.5. The van der Waals surface area contributed by atoms with E-state index in [0.717, 1.165) is 39.3 Å². The van der Waals surface area contributed by atoms with Gasteiger partial charge in [-0.1, -0.05) is 12.1 Å². The van der Waals surface area contributed by atoms with Gasteiger partial charge in [-0.05, 0) is 38.6 Å². The largest absolute Gasteiger partial charge is 0.383 e. The van der Waals surface area contributed by atoms with E-state index >= 15 is 0 Å². The molecule has 0 aliphatic carbocycles. The van der Waals surface area contributed by atoms with Crippen LogP contribution in [-0.4, -0.2) is 57.4 Å². The van der Waals surface area contributed by atoms with Crippen LogP contribution in [0.25, 0.3) is 0 Å². The van der Waals surface area contributed by atoms with Crippen LogP contribution in [0.1, 0.15) is 19.4 Å². The van der Waals surface area contributed by atoms with E-state index in [1.165, 1.54) is 11.3 Å². The van der Waals surface area contributed by atoms with Crippen molar-refractivity contribution in [2.75, 3.05) is 51.8 Å². The van der Waals surface area contributed by atoms with Gasteiger partial charge < -0.3 is 15.0 Å². The highest BCUT2D eigenvalue weighted by molar-refractivity contribution is 5.48. The van der Waals surface area contributed by atoms with Gasteiger partial charge in [-0.3, -0.25) is 4.90 Å². The molecule has 1 aliphatic heterocycles. The molecule has 2 rings (SSSR count). The quantitative estimate of drug-likeness (QED) is 0.811. The number of hydrogen-bond acceptors (Lipinski definition) is 4. The number of anilines is 1. The summed E-state index contributed by atoms with van der Waals surface area (Å²) in [5.41, 5.74) is 2.89. The Kier molecular flexibility index (Phi) is 5.62. The summed E-state index contributed by atoms with van der Waals surface area (Å²) in [5.74, 6) is 0. The molecule has 1 heterocycles. The van der Waals surface area contributed by atoms with Crippen LogP contribution in [0.15, 0.2) is 24.3 Å². The van der Waals surface area contributed by atoms with Crippen LogP contribution in [0.5, 0.6) is 0 Å². The van der Waals surface area contributed by atoms with Crippen molar-refractivity contribution < 1.29 is 4.74 Å². The lowest BCUT2D eigenvalue weighted by Gasteiger charge is -2.46. The molecule has 118 valence electrons. The van der Waals surface area contributed by atoms with Crippen molar-refractivity contribution >= 4 is 5.69 Å². The summed E-state index contributed by atoms with van der Waals surface area (Å²) < 4.78 is 5.03. The average molecular weight is 291 g/mol. The van der Waals surface area contributed by atoms with Crippen molar-refractivity contribution in [2.24, 2.45) is 0 Å². The van der Waals surface area contributed by atoms with Crippen molar-refractivity contribution in [3.63, 3.8) is 0 Å². The van der Waals surface area contributed by atoms with Gasteiger partial charge in [-0.2, -0.15) is 0 Å². The van der Waals surface area contributed by atoms with E-state index in [1.807, 2.05) is 0 Å². The zero-order valence-electron chi connectivity index (χ0n) is 13.9. The Bertz CT molecular complexity index is 430. The molecule has 0 atom stereocenters. The minimum absolute atomic E-state index is 0.235. The number of ether oxygens (including phenoxy) is 1. The van der Waals surface area contributed by atoms with E-state index in [2.05, 4.69) is 60.3 Å². The number of rotatable bonds is 6. The molecule has 0 spiro atoms. The molecule has 1 fully saturated rings. The molecule has 21 heavy (non-hydrogen) atoms. The first-order chi connectivity index (χ1) is 10.0. The minimum atomic E-state index is 0.235. The lowest BCUT2D eigenvalue weighted by atomic mass is 9.99. The van der Waals surface area contributed by atoms with Crippen LogP contribution in [0, 0.1) is 0 Å². The highest BCUT2D eigenvalue weighted by Crippen LogP contribution is 2.24. The summed E-state index contributed by atoms with van der Waals surface area (Å²) in [7, 11) is 3.94. The number of likely N-dealkylation sites (N-methyl/N-ethyl adjacent to an activating group) is 1. The van der Waals surface area contributed by atoms with Crippen molar-refractivity contribution in [3.8, 4) is 0 Å². The third kappa shape index (κ3) is 4.43. The Balaban J connectivity index is 1.90. The smallest absolute Gasteiger partial charge is 0.0587 e. The monoisotopic (exact) mass is 291 g/mol. The van der Waals surface area contributed by atoms with Gasteiger partial charge in [0.05, 0.1) is 6.61 Å². The Morgan fingerprint density at radius 1 is 1.19 bits per heavy atom. The maximum Gasteiger partial charge on any atom is 0.0587 e. The predicted octanol–water partition coefficient (Wildman–Crippen LogP) is 1.95. The lowest BCUT2D eigenvalue weighted by Crippen LogP contribution is -2.57. The molecule has 0 bridgehead atoms. The maximum absolute atomic E-state index is 5.03. The fraction of sp³-hybridized carbons (Fsp3) is 0.647. The maximum atomic E-state index is 5.03. The van der Waals surface area contributed by atoms with E-state index in [0.29, 0.717) is 0 Å². The van der Waals surface area contributed by atoms with E-state index in [9.17, 15) is 0 Å². The van der Waals surface area contributed by atoms with Gasteiger partial charge >= 0.3 is 0 Å². The average Bonchev–Trinajstić information content (AvgIpc) is 2.47. The molecule has 1 aromatic rings. The number of methoxy groups -OCH3 is 1. The van der Waals surface area contributed by atoms with Gasteiger partial charge in [0, 0.05) is 51.1 Å². The van der Waals surface area contributed by atoms with Gasteiger partial charge in [0.25, 0.3) is 0 Å². The molecule has 0 saturated carbocycles. The first-order valence-electron chi connectivity index (χ1n) is 7.78. The van der Waals surface area contributed by atoms with Crippen molar-refractivity contribution in [1.82, 2.24) is 10.2 Å². The van der Waals surface area contributed by atoms with Crippen LogP contribution < -0.4 is 10.2 Å². The molecule has 0 unspecified atom stereocenters. The Morgan fingerprint density at radius 3 is 2.52 bits per heavy atom. The third-order valence-corrected chi connectivity index (χ3v) is 4.43. The van der Waals surface area contributed by atoms with Gasteiger partial charge in [-0.15, -0.1) is 0 Å². The molecule has 1 aliphatic rings. The molecule has 1 saturated heterocycles. The first-order valence-corrected chi connectivity index (χ1v) is 7.78. The van der Waals surface area contributed by atoms with Crippen molar-refractivity contribution in [3.05, 3.63) is 29.8 Å². The molecule has 0 amide bonds. The number of hydrogen-bond donors (Lipinski definition) is 1. The second kappa shape index (κ2) is 7.25. The Labute approximate surface area is 129 Å².